The number of aromatic nitrogens is 3. The van der Waals surface area contributed by atoms with Gasteiger partial charge in [-0.05, 0) is 50.5 Å². The summed E-state index contributed by atoms with van der Waals surface area (Å²) in [6.45, 7) is 3.98. The SMILES string of the molecule is COc1cc(-c2cn(CC3(F)CCCCC3)c3cc(-c4c(C)noc4C)cnc23)ccc1C(=O)O. The van der Waals surface area contributed by atoms with Crippen LogP contribution in [0.2, 0.25) is 0 Å². The monoisotopic (exact) mass is 477 g/mol. The molecule has 1 N–H and O–H groups in total. The first-order valence-electron chi connectivity index (χ1n) is 11.8. The van der Waals surface area contributed by atoms with Gasteiger partial charge in [-0.15, -0.1) is 0 Å². The minimum Gasteiger partial charge on any atom is -0.496 e. The van der Waals surface area contributed by atoms with Gasteiger partial charge in [0, 0.05) is 29.1 Å². The summed E-state index contributed by atoms with van der Waals surface area (Å²) in [6, 6.07) is 6.96. The van der Waals surface area contributed by atoms with Crippen LogP contribution in [0, 0.1) is 13.8 Å². The normalized spacial score (nSPS) is 15.4. The van der Waals surface area contributed by atoms with Crippen LogP contribution >= 0.6 is 0 Å². The van der Waals surface area contributed by atoms with Gasteiger partial charge >= 0.3 is 5.97 Å². The number of carboxylic acids is 1. The topological polar surface area (TPSA) is 90.4 Å². The van der Waals surface area contributed by atoms with Crippen LogP contribution in [0.4, 0.5) is 4.39 Å². The van der Waals surface area contributed by atoms with Crippen molar-refractivity contribution in [1.29, 1.82) is 0 Å². The molecule has 0 radical (unpaired) electrons. The maximum Gasteiger partial charge on any atom is 0.339 e. The van der Waals surface area contributed by atoms with E-state index in [9.17, 15) is 9.90 Å². The van der Waals surface area contributed by atoms with Crippen LogP contribution in [-0.2, 0) is 6.54 Å². The third kappa shape index (κ3) is 4.17. The van der Waals surface area contributed by atoms with Crippen LogP contribution in [0.5, 0.6) is 5.75 Å². The first kappa shape index (κ1) is 23.1. The highest BCUT2D eigenvalue weighted by Gasteiger charge is 2.33. The number of pyridine rings is 1. The number of nitrogens with zero attached hydrogens (tertiary/aromatic N) is 3. The number of methoxy groups -OCH3 is 1. The maximum absolute atomic E-state index is 15.8. The van der Waals surface area contributed by atoms with Crippen molar-refractivity contribution in [2.75, 3.05) is 7.11 Å². The van der Waals surface area contributed by atoms with Gasteiger partial charge in [-0.3, -0.25) is 4.98 Å². The zero-order chi connectivity index (χ0) is 24.7. The number of rotatable bonds is 6. The highest BCUT2D eigenvalue weighted by molar-refractivity contribution is 5.97. The van der Waals surface area contributed by atoms with Gasteiger partial charge in [-0.1, -0.05) is 30.5 Å². The van der Waals surface area contributed by atoms with Gasteiger partial charge in [0.15, 0.2) is 0 Å². The Bertz CT molecular complexity index is 1400. The van der Waals surface area contributed by atoms with Crippen molar-refractivity contribution < 1.29 is 23.6 Å². The molecule has 0 spiro atoms. The predicted molar refractivity (Wildman–Crippen MR) is 131 cm³/mol. The molecule has 1 aliphatic carbocycles. The lowest BCUT2D eigenvalue weighted by atomic mass is 9.86. The minimum atomic E-state index is -1.27. The van der Waals surface area contributed by atoms with E-state index in [1.807, 2.05) is 30.7 Å². The van der Waals surface area contributed by atoms with E-state index in [0.717, 1.165) is 52.7 Å². The molecular weight excluding hydrogens is 449 g/mol. The molecule has 8 heteroatoms. The van der Waals surface area contributed by atoms with Crippen molar-refractivity contribution in [2.45, 2.75) is 58.2 Å². The van der Waals surface area contributed by atoms with Crippen molar-refractivity contribution in [3.05, 3.63) is 53.7 Å². The van der Waals surface area contributed by atoms with Gasteiger partial charge in [0.05, 0.1) is 30.4 Å². The number of aromatic carboxylic acids is 1. The van der Waals surface area contributed by atoms with E-state index in [-0.39, 0.29) is 17.9 Å². The zero-order valence-corrected chi connectivity index (χ0v) is 20.1. The molecule has 0 bridgehead atoms. The number of alkyl halides is 1. The molecule has 0 amide bonds. The fraction of sp³-hybridized carbons (Fsp3) is 0.370. The summed E-state index contributed by atoms with van der Waals surface area (Å²) in [7, 11) is 1.44. The van der Waals surface area contributed by atoms with Gasteiger partial charge < -0.3 is 18.9 Å². The molecule has 0 unspecified atom stereocenters. The Balaban J connectivity index is 1.68. The number of carbonyl (C=O) groups is 1. The Labute approximate surface area is 202 Å². The van der Waals surface area contributed by atoms with Gasteiger partial charge in [0.2, 0.25) is 0 Å². The van der Waals surface area contributed by atoms with E-state index in [2.05, 4.69) is 5.16 Å². The molecule has 7 nitrogen and oxygen atoms in total. The molecule has 182 valence electrons. The standard InChI is InChI=1S/C27H28FN3O4/c1-16-24(17(2)35-30-16)19-11-22-25(29-13-19)21(14-31(22)15-27(28)9-5-4-6-10-27)18-7-8-20(26(32)33)23(12-18)34-3/h7-8,11-14H,4-6,9-10,15H2,1-3H3,(H,32,33). The summed E-state index contributed by atoms with van der Waals surface area (Å²) in [5.74, 6) is -0.0996. The first-order valence-corrected chi connectivity index (χ1v) is 11.8. The number of benzene rings is 1. The average Bonchev–Trinajstić information content (AvgIpc) is 3.37. The fourth-order valence-electron chi connectivity index (χ4n) is 5.22. The summed E-state index contributed by atoms with van der Waals surface area (Å²) in [5.41, 5.74) is 4.38. The van der Waals surface area contributed by atoms with Gasteiger partial charge in [0.25, 0.3) is 0 Å². The number of ether oxygens (including phenoxy) is 1. The van der Waals surface area contributed by atoms with Crippen molar-refractivity contribution in [2.24, 2.45) is 0 Å². The van der Waals surface area contributed by atoms with Crippen molar-refractivity contribution in [3.63, 3.8) is 0 Å². The molecule has 35 heavy (non-hydrogen) atoms. The smallest absolute Gasteiger partial charge is 0.339 e. The quantitative estimate of drug-likeness (QED) is 0.348. The van der Waals surface area contributed by atoms with E-state index in [1.165, 1.54) is 13.2 Å². The molecule has 1 fully saturated rings. The molecular formula is C27H28FN3O4. The Morgan fingerprint density at radius 1 is 1.20 bits per heavy atom. The Kier molecular flexibility index (Phi) is 5.83. The van der Waals surface area contributed by atoms with Gasteiger partial charge in [-0.25, -0.2) is 9.18 Å². The minimum absolute atomic E-state index is 0.0820. The Morgan fingerprint density at radius 2 is 1.97 bits per heavy atom. The van der Waals surface area contributed by atoms with Crippen LogP contribution in [0.3, 0.4) is 0 Å². The molecule has 0 atom stereocenters. The summed E-state index contributed by atoms with van der Waals surface area (Å²) in [5, 5.41) is 13.5. The molecule has 0 aliphatic heterocycles. The van der Waals surface area contributed by atoms with E-state index >= 15 is 4.39 Å². The van der Waals surface area contributed by atoms with Crippen LogP contribution in [0.15, 0.2) is 41.2 Å². The third-order valence-corrected chi connectivity index (χ3v) is 6.99. The second-order valence-electron chi connectivity index (χ2n) is 9.39. The highest BCUT2D eigenvalue weighted by Crippen LogP contribution is 2.39. The molecule has 1 aliphatic rings. The number of halogens is 1. The number of carboxylic acid groups (broad SMARTS) is 1. The maximum atomic E-state index is 15.8. The lowest BCUT2D eigenvalue weighted by molar-refractivity contribution is 0.0693. The van der Waals surface area contributed by atoms with Crippen LogP contribution < -0.4 is 4.74 Å². The summed E-state index contributed by atoms with van der Waals surface area (Å²) in [4.78, 5) is 16.3. The Hall–Kier alpha value is -3.68. The second kappa shape index (κ2) is 8.83. The number of aryl methyl sites for hydroxylation is 2. The molecule has 1 aromatic carbocycles. The molecule has 4 aromatic rings. The van der Waals surface area contributed by atoms with Crippen LogP contribution in [0.1, 0.15) is 53.9 Å². The predicted octanol–water partition coefficient (Wildman–Crippen LogP) is 6.35. The second-order valence-corrected chi connectivity index (χ2v) is 9.39. The fourth-order valence-corrected chi connectivity index (χ4v) is 5.22. The summed E-state index contributed by atoms with van der Waals surface area (Å²) < 4.78 is 28.4. The largest absolute Gasteiger partial charge is 0.496 e. The van der Waals surface area contributed by atoms with E-state index < -0.39 is 11.6 Å². The van der Waals surface area contributed by atoms with E-state index in [0.29, 0.717) is 24.1 Å². The average molecular weight is 478 g/mol. The van der Waals surface area contributed by atoms with Gasteiger partial charge in [0.1, 0.15) is 22.7 Å². The molecule has 5 rings (SSSR count). The molecule has 1 saturated carbocycles. The zero-order valence-electron chi connectivity index (χ0n) is 20.1. The summed E-state index contributed by atoms with van der Waals surface area (Å²) >= 11 is 0. The van der Waals surface area contributed by atoms with Crippen molar-refractivity contribution in [3.8, 4) is 28.0 Å². The lowest BCUT2D eigenvalue weighted by Gasteiger charge is -2.30. The highest BCUT2D eigenvalue weighted by atomic mass is 19.1. The number of hydrogen-bond acceptors (Lipinski definition) is 5. The lowest BCUT2D eigenvalue weighted by Crippen LogP contribution is -2.31. The van der Waals surface area contributed by atoms with Crippen molar-refractivity contribution in [1.82, 2.24) is 14.7 Å². The van der Waals surface area contributed by atoms with Crippen molar-refractivity contribution >= 4 is 17.0 Å². The first-order chi connectivity index (χ1) is 16.8. The molecule has 0 saturated heterocycles. The van der Waals surface area contributed by atoms with Gasteiger partial charge in [-0.2, -0.15) is 0 Å². The van der Waals surface area contributed by atoms with Crippen LogP contribution in [0.25, 0.3) is 33.3 Å². The number of fused-ring (bicyclic) bond motifs is 1. The van der Waals surface area contributed by atoms with E-state index in [1.54, 1.807) is 18.3 Å². The third-order valence-electron chi connectivity index (χ3n) is 6.99. The molecule has 3 heterocycles. The van der Waals surface area contributed by atoms with Crippen LogP contribution in [-0.4, -0.2) is 38.6 Å². The Morgan fingerprint density at radius 3 is 2.63 bits per heavy atom. The van der Waals surface area contributed by atoms with E-state index in [4.69, 9.17) is 14.2 Å². The molecule has 3 aromatic heterocycles. The summed E-state index contributed by atoms with van der Waals surface area (Å²) in [6.07, 6.45) is 7.62. The number of hydrogen-bond donors (Lipinski definition) is 1.